The molecular formula is C15H25N3. The van der Waals surface area contributed by atoms with Crippen molar-refractivity contribution in [1.82, 2.24) is 15.2 Å². The van der Waals surface area contributed by atoms with Crippen LogP contribution in [0.2, 0.25) is 0 Å². The van der Waals surface area contributed by atoms with E-state index in [0.717, 1.165) is 12.5 Å². The molecule has 0 aliphatic carbocycles. The van der Waals surface area contributed by atoms with Crippen LogP contribution in [0.3, 0.4) is 0 Å². The smallest absolute Gasteiger partial charge is 0.0315 e. The highest BCUT2D eigenvalue weighted by atomic mass is 15.1. The number of nitrogens with zero attached hydrogens (tertiary/aromatic N) is 2. The van der Waals surface area contributed by atoms with Crippen LogP contribution in [0, 0.1) is 12.8 Å². The third kappa shape index (κ3) is 3.53. The van der Waals surface area contributed by atoms with Crippen molar-refractivity contribution in [3.8, 4) is 0 Å². The first-order valence-corrected chi connectivity index (χ1v) is 6.98. The van der Waals surface area contributed by atoms with Gasteiger partial charge in [-0.2, -0.15) is 0 Å². The summed E-state index contributed by atoms with van der Waals surface area (Å²) < 4.78 is 0. The first kappa shape index (κ1) is 13.5. The summed E-state index contributed by atoms with van der Waals surface area (Å²) in [5, 5.41) is 3.67. The van der Waals surface area contributed by atoms with Gasteiger partial charge in [-0.15, -0.1) is 0 Å². The topological polar surface area (TPSA) is 28.2 Å². The Morgan fingerprint density at radius 3 is 2.83 bits per heavy atom. The molecule has 1 aliphatic rings. The second-order valence-corrected chi connectivity index (χ2v) is 5.61. The van der Waals surface area contributed by atoms with E-state index in [0.29, 0.717) is 6.04 Å². The van der Waals surface area contributed by atoms with Gasteiger partial charge in [0.2, 0.25) is 0 Å². The second-order valence-electron chi connectivity index (χ2n) is 5.61. The lowest BCUT2D eigenvalue weighted by Gasteiger charge is -2.33. The maximum absolute atomic E-state index is 4.20. The molecule has 0 bridgehead atoms. The highest BCUT2D eigenvalue weighted by Crippen LogP contribution is 2.20. The van der Waals surface area contributed by atoms with Crippen LogP contribution in [0.25, 0.3) is 0 Å². The number of hydrogen-bond donors (Lipinski definition) is 1. The van der Waals surface area contributed by atoms with Gasteiger partial charge in [0.1, 0.15) is 0 Å². The molecule has 2 heterocycles. The van der Waals surface area contributed by atoms with E-state index in [2.05, 4.69) is 42.2 Å². The summed E-state index contributed by atoms with van der Waals surface area (Å²) in [5.41, 5.74) is 2.64. The standard InChI is InChI=1S/C15H25N3/c1-12-4-7-16-10-15(12)11-17-13(2)14-5-8-18(3)9-6-14/h4,7,10,13-14,17H,5-6,8-9,11H2,1-3H3. The average molecular weight is 247 g/mol. The molecule has 3 heteroatoms. The molecule has 0 radical (unpaired) electrons. The largest absolute Gasteiger partial charge is 0.310 e. The van der Waals surface area contributed by atoms with Crippen LogP contribution in [0.4, 0.5) is 0 Å². The van der Waals surface area contributed by atoms with Crippen LogP contribution >= 0.6 is 0 Å². The van der Waals surface area contributed by atoms with E-state index in [1.165, 1.54) is 37.1 Å². The highest BCUT2D eigenvalue weighted by molar-refractivity contribution is 5.21. The van der Waals surface area contributed by atoms with Crippen LogP contribution in [0.5, 0.6) is 0 Å². The number of nitrogens with one attached hydrogen (secondary N) is 1. The van der Waals surface area contributed by atoms with Gasteiger partial charge < -0.3 is 10.2 Å². The quantitative estimate of drug-likeness (QED) is 0.884. The molecule has 18 heavy (non-hydrogen) atoms. The van der Waals surface area contributed by atoms with E-state index in [4.69, 9.17) is 0 Å². The minimum atomic E-state index is 0.596. The molecule has 2 rings (SSSR count). The number of rotatable bonds is 4. The van der Waals surface area contributed by atoms with Crippen molar-refractivity contribution in [2.24, 2.45) is 5.92 Å². The Kier molecular flexibility index (Phi) is 4.72. The fourth-order valence-corrected chi connectivity index (χ4v) is 2.65. The lowest BCUT2D eigenvalue weighted by molar-refractivity contribution is 0.189. The molecule has 1 aliphatic heterocycles. The molecule has 0 amide bonds. The lowest BCUT2D eigenvalue weighted by Crippen LogP contribution is -2.40. The van der Waals surface area contributed by atoms with Crippen molar-refractivity contribution in [2.75, 3.05) is 20.1 Å². The second kappa shape index (κ2) is 6.30. The van der Waals surface area contributed by atoms with E-state index in [9.17, 15) is 0 Å². The van der Waals surface area contributed by atoms with Gasteiger partial charge in [-0.25, -0.2) is 0 Å². The van der Waals surface area contributed by atoms with Crippen LogP contribution < -0.4 is 5.32 Å². The summed E-state index contributed by atoms with van der Waals surface area (Å²) in [6, 6.07) is 2.68. The first-order valence-electron chi connectivity index (χ1n) is 6.98. The molecule has 0 saturated carbocycles. The molecule has 1 atom stereocenters. The molecule has 1 fully saturated rings. The molecule has 1 saturated heterocycles. The number of aryl methyl sites for hydroxylation is 1. The Morgan fingerprint density at radius 1 is 1.44 bits per heavy atom. The fraction of sp³-hybridized carbons (Fsp3) is 0.667. The van der Waals surface area contributed by atoms with Gasteiger partial charge in [-0.05, 0) is 69.9 Å². The number of likely N-dealkylation sites (tertiary alicyclic amines) is 1. The predicted octanol–water partition coefficient (Wildman–Crippen LogP) is 2.21. The van der Waals surface area contributed by atoms with Gasteiger partial charge in [0.15, 0.2) is 0 Å². The normalized spacial score (nSPS) is 19.9. The fourth-order valence-electron chi connectivity index (χ4n) is 2.65. The summed E-state index contributed by atoms with van der Waals surface area (Å²) in [6.07, 6.45) is 6.47. The maximum atomic E-state index is 4.20. The van der Waals surface area contributed by atoms with Crippen molar-refractivity contribution in [3.63, 3.8) is 0 Å². The van der Waals surface area contributed by atoms with E-state index >= 15 is 0 Å². The molecule has 1 aromatic rings. The number of aromatic nitrogens is 1. The number of pyridine rings is 1. The molecule has 1 N–H and O–H groups in total. The molecular weight excluding hydrogens is 222 g/mol. The van der Waals surface area contributed by atoms with Gasteiger partial charge in [-0.3, -0.25) is 4.98 Å². The maximum Gasteiger partial charge on any atom is 0.0315 e. The van der Waals surface area contributed by atoms with Crippen molar-refractivity contribution in [1.29, 1.82) is 0 Å². The van der Waals surface area contributed by atoms with Crippen molar-refractivity contribution in [3.05, 3.63) is 29.6 Å². The minimum Gasteiger partial charge on any atom is -0.310 e. The zero-order valence-electron chi connectivity index (χ0n) is 11.8. The van der Waals surface area contributed by atoms with Gasteiger partial charge >= 0.3 is 0 Å². The SMILES string of the molecule is Cc1ccncc1CNC(C)C1CCN(C)CC1. The van der Waals surface area contributed by atoms with Crippen LogP contribution in [0.15, 0.2) is 18.5 Å². The van der Waals surface area contributed by atoms with Gasteiger partial charge in [-0.1, -0.05) is 0 Å². The van der Waals surface area contributed by atoms with Crippen molar-refractivity contribution < 1.29 is 0 Å². The molecule has 0 aromatic carbocycles. The molecule has 100 valence electrons. The zero-order valence-corrected chi connectivity index (χ0v) is 11.8. The predicted molar refractivity (Wildman–Crippen MR) is 75.5 cm³/mol. The lowest BCUT2D eigenvalue weighted by atomic mass is 9.90. The molecule has 1 unspecified atom stereocenters. The Morgan fingerprint density at radius 2 is 2.17 bits per heavy atom. The summed E-state index contributed by atoms with van der Waals surface area (Å²) >= 11 is 0. The molecule has 3 nitrogen and oxygen atoms in total. The van der Waals surface area contributed by atoms with Crippen LogP contribution in [-0.2, 0) is 6.54 Å². The number of piperidine rings is 1. The van der Waals surface area contributed by atoms with Gasteiger partial charge in [0, 0.05) is 25.0 Å². The third-order valence-electron chi connectivity index (χ3n) is 4.23. The first-order chi connectivity index (χ1) is 8.66. The van der Waals surface area contributed by atoms with Gasteiger partial charge in [0.25, 0.3) is 0 Å². The van der Waals surface area contributed by atoms with E-state index in [-0.39, 0.29) is 0 Å². The summed E-state index contributed by atoms with van der Waals surface area (Å²) in [5.74, 6) is 0.818. The van der Waals surface area contributed by atoms with Crippen LogP contribution in [-0.4, -0.2) is 36.1 Å². The Hall–Kier alpha value is -0.930. The van der Waals surface area contributed by atoms with E-state index in [1.54, 1.807) is 0 Å². The summed E-state index contributed by atoms with van der Waals surface area (Å²) in [6.45, 7) is 7.89. The molecule has 1 aromatic heterocycles. The molecule has 0 spiro atoms. The van der Waals surface area contributed by atoms with E-state index < -0.39 is 0 Å². The van der Waals surface area contributed by atoms with Gasteiger partial charge in [0.05, 0.1) is 0 Å². The third-order valence-corrected chi connectivity index (χ3v) is 4.23. The monoisotopic (exact) mass is 247 g/mol. The highest BCUT2D eigenvalue weighted by Gasteiger charge is 2.21. The van der Waals surface area contributed by atoms with Crippen LogP contribution in [0.1, 0.15) is 30.9 Å². The van der Waals surface area contributed by atoms with Crippen molar-refractivity contribution in [2.45, 2.75) is 39.3 Å². The summed E-state index contributed by atoms with van der Waals surface area (Å²) in [7, 11) is 2.22. The average Bonchev–Trinajstić information content (AvgIpc) is 2.38. The Labute approximate surface area is 111 Å². The minimum absolute atomic E-state index is 0.596. The van der Waals surface area contributed by atoms with E-state index in [1.807, 2.05) is 12.4 Å². The van der Waals surface area contributed by atoms with Crippen molar-refractivity contribution >= 4 is 0 Å². The Bertz CT molecular complexity index is 370. The zero-order chi connectivity index (χ0) is 13.0. The Balaban J connectivity index is 1.81. The summed E-state index contributed by atoms with van der Waals surface area (Å²) in [4.78, 5) is 6.62. The number of hydrogen-bond acceptors (Lipinski definition) is 3.